The zero-order valence-corrected chi connectivity index (χ0v) is 14.3. The third-order valence-corrected chi connectivity index (χ3v) is 4.84. The van der Waals surface area contributed by atoms with Gasteiger partial charge in [-0.25, -0.2) is 0 Å². The molecule has 0 bridgehead atoms. The minimum Gasteiger partial charge on any atom is -0.350 e. The van der Waals surface area contributed by atoms with Crippen molar-refractivity contribution in [3.8, 4) is 11.3 Å². The SMILES string of the molecule is Cc1ccc(-c2cc(C(=O)N3CCCCC3C3OCCO3)on2)cc1. The largest absolute Gasteiger partial charge is 0.350 e. The Balaban J connectivity index is 1.54. The highest BCUT2D eigenvalue weighted by Gasteiger charge is 2.37. The van der Waals surface area contributed by atoms with E-state index in [1.54, 1.807) is 6.07 Å². The van der Waals surface area contributed by atoms with Gasteiger partial charge in [0.25, 0.3) is 5.91 Å². The average molecular weight is 342 g/mol. The van der Waals surface area contributed by atoms with Gasteiger partial charge in [0.05, 0.1) is 19.3 Å². The lowest BCUT2D eigenvalue weighted by Crippen LogP contribution is -2.50. The van der Waals surface area contributed by atoms with E-state index in [1.807, 2.05) is 36.1 Å². The number of piperidine rings is 1. The number of nitrogens with zero attached hydrogens (tertiary/aromatic N) is 2. The molecule has 1 aromatic carbocycles. The molecule has 3 heterocycles. The van der Waals surface area contributed by atoms with E-state index in [1.165, 1.54) is 5.56 Å². The number of hydrogen-bond donors (Lipinski definition) is 0. The second-order valence-corrected chi connectivity index (χ2v) is 6.61. The standard InChI is InChI=1S/C19H22N2O4/c1-13-5-7-14(8-6-13)15-12-17(25-20-15)18(22)21-9-3-2-4-16(21)19-23-10-11-24-19/h5-8,12,16,19H,2-4,9-11H2,1H3. The Bertz CT molecular complexity index is 734. The van der Waals surface area contributed by atoms with Gasteiger partial charge in [0.2, 0.25) is 5.76 Å². The molecule has 2 fully saturated rings. The van der Waals surface area contributed by atoms with Crippen LogP contribution in [0.4, 0.5) is 0 Å². The fourth-order valence-corrected chi connectivity index (χ4v) is 3.47. The van der Waals surface area contributed by atoms with Gasteiger partial charge in [-0.3, -0.25) is 4.79 Å². The third kappa shape index (κ3) is 3.32. The molecular weight excluding hydrogens is 320 g/mol. The van der Waals surface area contributed by atoms with Crippen LogP contribution in [0.2, 0.25) is 0 Å². The first-order chi connectivity index (χ1) is 12.2. The van der Waals surface area contributed by atoms with Crippen molar-refractivity contribution in [3.63, 3.8) is 0 Å². The number of aryl methyl sites for hydroxylation is 1. The summed E-state index contributed by atoms with van der Waals surface area (Å²) in [6.07, 6.45) is 2.61. The van der Waals surface area contributed by atoms with Crippen molar-refractivity contribution in [2.75, 3.05) is 19.8 Å². The van der Waals surface area contributed by atoms with Gasteiger partial charge in [0.15, 0.2) is 6.29 Å². The van der Waals surface area contributed by atoms with Crippen molar-refractivity contribution in [2.24, 2.45) is 0 Å². The van der Waals surface area contributed by atoms with Gasteiger partial charge in [0.1, 0.15) is 5.69 Å². The second-order valence-electron chi connectivity index (χ2n) is 6.61. The summed E-state index contributed by atoms with van der Waals surface area (Å²) in [5.74, 6) is 0.120. The van der Waals surface area contributed by atoms with Gasteiger partial charge in [-0.15, -0.1) is 0 Å². The number of likely N-dealkylation sites (tertiary alicyclic amines) is 1. The van der Waals surface area contributed by atoms with Gasteiger partial charge >= 0.3 is 0 Å². The highest BCUT2D eigenvalue weighted by Crippen LogP contribution is 2.27. The van der Waals surface area contributed by atoms with Gasteiger partial charge in [-0.05, 0) is 26.2 Å². The number of ether oxygens (including phenoxy) is 2. The molecule has 0 saturated carbocycles. The number of hydrogen-bond acceptors (Lipinski definition) is 5. The fourth-order valence-electron chi connectivity index (χ4n) is 3.47. The zero-order valence-electron chi connectivity index (χ0n) is 14.3. The zero-order chi connectivity index (χ0) is 17.2. The summed E-state index contributed by atoms with van der Waals surface area (Å²) in [4.78, 5) is 14.8. The quantitative estimate of drug-likeness (QED) is 0.858. The Kier molecular flexibility index (Phi) is 4.55. The van der Waals surface area contributed by atoms with E-state index in [0.29, 0.717) is 25.5 Å². The molecule has 1 unspecified atom stereocenters. The highest BCUT2D eigenvalue weighted by molar-refractivity contribution is 5.92. The van der Waals surface area contributed by atoms with Gasteiger partial charge in [-0.1, -0.05) is 35.0 Å². The Hall–Kier alpha value is -2.18. The number of aromatic nitrogens is 1. The molecule has 1 amide bonds. The number of rotatable bonds is 3. The van der Waals surface area contributed by atoms with Crippen LogP contribution in [0.3, 0.4) is 0 Å². The molecule has 6 nitrogen and oxygen atoms in total. The van der Waals surface area contributed by atoms with Crippen molar-refractivity contribution >= 4 is 5.91 Å². The van der Waals surface area contributed by atoms with Gasteiger partial charge in [-0.2, -0.15) is 0 Å². The number of amides is 1. The first-order valence-electron chi connectivity index (χ1n) is 8.80. The number of carbonyl (C=O) groups excluding carboxylic acids is 1. The molecule has 0 spiro atoms. The number of carbonyl (C=O) groups is 1. The van der Waals surface area contributed by atoms with Crippen molar-refractivity contribution < 1.29 is 18.8 Å². The fraction of sp³-hybridized carbons (Fsp3) is 0.474. The van der Waals surface area contributed by atoms with Crippen LogP contribution in [0.1, 0.15) is 35.4 Å². The van der Waals surface area contributed by atoms with E-state index in [-0.39, 0.29) is 24.0 Å². The van der Waals surface area contributed by atoms with Crippen LogP contribution in [-0.4, -0.2) is 48.1 Å². The first kappa shape index (κ1) is 16.3. The third-order valence-electron chi connectivity index (χ3n) is 4.84. The van der Waals surface area contributed by atoms with Crippen LogP contribution in [0.15, 0.2) is 34.9 Å². The van der Waals surface area contributed by atoms with E-state index < -0.39 is 0 Å². The highest BCUT2D eigenvalue weighted by atomic mass is 16.7. The van der Waals surface area contributed by atoms with E-state index >= 15 is 0 Å². The summed E-state index contributed by atoms with van der Waals surface area (Å²) in [5.41, 5.74) is 2.78. The summed E-state index contributed by atoms with van der Waals surface area (Å²) in [6.45, 7) is 3.89. The molecular formula is C19H22N2O4. The van der Waals surface area contributed by atoms with Gasteiger partial charge < -0.3 is 18.9 Å². The summed E-state index contributed by atoms with van der Waals surface area (Å²) in [7, 11) is 0. The van der Waals surface area contributed by atoms with E-state index in [9.17, 15) is 4.79 Å². The summed E-state index contributed by atoms with van der Waals surface area (Å²) in [5, 5.41) is 4.07. The van der Waals surface area contributed by atoms with E-state index in [4.69, 9.17) is 14.0 Å². The molecule has 132 valence electrons. The lowest BCUT2D eigenvalue weighted by molar-refractivity contribution is -0.101. The molecule has 25 heavy (non-hydrogen) atoms. The van der Waals surface area contributed by atoms with Crippen LogP contribution >= 0.6 is 0 Å². The molecule has 0 aliphatic carbocycles. The van der Waals surface area contributed by atoms with Crippen LogP contribution in [0, 0.1) is 6.92 Å². The summed E-state index contributed by atoms with van der Waals surface area (Å²) < 4.78 is 16.6. The lowest BCUT2D eigenvalue weighted by Gasteiger charge is -2.37. The smallest absolute Gasteiger partial charge is 0.292 e. The predicted molar refractivity (Wildman–Crippen MR) is 91.0 cm³/mol. The topological polar surface area (TPSA) is 64.8 Å². The lowest BCUT2D eigenvalue weighted by atomic mass is 10.0. The molecule has 2 aromatic rings. The average Bonchev–Trinajstić information content (AvgIpc) is 3.34. The predicted octanol–water partition coefficient (Wildman–Crippen LogP) is 3.02. The normalized spacial score (nSPS) is 21.6. The van der Waals surface area contributed by atoms with Crippen molar-refractivity contribution in [3.05, 3.63) is 41.7 Å². The molecule has 0 radical (unpaired) electrons. The summed E-state index contributed by atoms with van der Waals surface area (Å²) >= 11 is 0. The Labute approximate surface area is 146 Å². The van der Waals surface area contributed by atoms with Crippen LogP contribution in [0.5, 0.6) is 0 Å². The maximum absolute atomic E-state index is 12.9. The second kappa shape index (κ2) is 6.98. The van der Waals surface area contributed by atoms with E-state index in [0.717, 1.165) is 24.8 Å². The molecule has 2 aliphatic heterocycles. The molecule has 1 aromatic heterocycles. The van der Waals surface area contributed by atoms with Gasteiger partial charge in [0, 0.05) is 18.2 Å². The maximum atomic E-state index is 12.9. The van der Waals surface area contributed by atoms with Crippen molar-refractivity contribution in [1.29, 1.82) is 0 Å². The first-order valence-corrected chi connectivity index (χ1v) is 8.80. The van der Waals surface area contributed by atoms with Crippen molar-refractivity contribution in [2.45, 2.75) is 38.5 Å². The molecule has 4 rings (SSSR count). The molecule has 2 aliphatic rings. The minimum atomic E-state index is -0.330. The molecule has 6 heteroatoms. The Morgan fingerprint density at radius 3 is 2.68 bits per heavy atom. The Morgan fingerprint density at radius 2 is 1.92 bits per heavy atom. The molecule has 1 atom stereocenters. The van der Waals surface area contributed by atoms with Crippen LogP contribution in [-0.2, 0) is 9.47 Å². The minimum absolute atomic E-state index is 0.0586. The Morgan fingerprint density at radius 1 is 1.16 bits per heavy atom. The molecule has 2 saturated heterocycles. The van der Waals surface area contributed by atoms with Crippen molar-refractivity contribution in [1.82, 2.24) is 10.1 Å². The maximum Gasteiger partial charge on any atom is 0.292 e. The number of benzene rings is 1. The van der Waals surface area contributed by atoms with Crippen LogP contribution < -0.4 is 0 Å². The summed E-state index contributed by atoms with van der Waals surface area (Å²) in [6, 6.07) is 9.64. The van der Waals surface area contributed by atoms with Crippen LogP contribution in [0.25, 0.3) is 11.3 Å². The monoisotopic (exact) mass is 342 g/mol. The molecule has 0 N–H and O–H groups in total. The van der Waals surface area contributed by atoms with E-state index in [2.05, 4.69) is 5.16 Å².